The highest BCUT2D eigenvalue weighted by molar-refractivity contribution is 5.75. The highest BCUT2D eigenvalue weighted by Gasteiger charge is 2.25. The number of Topliss-reactive ketones (excluding diaryl/α,β-unsaturated/α-hetero) is 1. The molecule has 2 atom stereocenters. The fourth-order valence-electron chi connectivity index (χ4n) is 2.56. The maximum atomic E-state index is 11.3. The SMILES string of the molecule is CC(=O)CCC(C)(C/C=C\C(O)CCOCc1ccccc1)COC(C)=O. The third-order valence-electron chi connectivity index (χ3n) is 4.34. The predicted octanol–water partition coefficient (Wildman–Crippen LogP) is 3.84. The van der Waals surface area contributed by atoms with Gasteiger partial charge in [-0.3, -0.25) is 4.79 Å². The van der Waals surface area contributed by atoms with Gasteiger partial charge in [0.05, 0.1) is 19.3 Å². The number of esters is 1. The summed E-state index contributed by atoms with van der Waals surface area (Å²) in [5.41, 5.74) is 0.784. The van der Waals surface area contributed by atoms with Gasteiger partial charge in [-0.05, 0) is 25.3 Å². The molecule has 27 heavy (non-hydrogen) atoms. The van der Waals surface area contributed by atoms with Crippen LogP contribution in [0.2, 0.25) is 0 Å². The Hall–Kier alpha value is -1.98. The van der Waals surface area contributed by atoms with Crippen molar-refractivity contribution in [2.24, 2.45) is 5.41 Å². The molecule has 1 aromatic carbocycles. The molecule has 0 aliphatic rings. The topological polar surface area (TPSA) is 72.8 Å². The molecule has 0 amide bonds. The van der Waals surface area contributed by atoms with Gasteiger partial charge in [0.2, 0.25) is 0 Å². The van der Waals surface area contributed by atoms with E-state index in [0.717, 1.165) is 5.56 Å². The predicted molar refractivity (Wildman–Crippen MR) is 105 cm³/mol. The van der Waals surface area contributed by atoms with Crippen LogP contribution in [0.5, 0.6) is 0 Å². The Bertz CT molecular complexity index is 576. The summed E-state index contributed by atoms with van der Waals surface area (Å²) < 4.78 is 10.7. The second-order valence-electron chi connectivity index (χ2n) is 7.32. The van der Waals surface area contributed by atoms with Gasteiger partial charge in [-0.1, -0.05) is 49.4 Å². The number of benzene rings is 1. The van der Waals surface area contributed by atoms with E-state index in [1.165, 1.54) is 6.92 Å². The monoisotopic (exact) mass is 376 g/mol. The third-order valence-corrected chi connectivity index (χ3v) is 4.34. The summed E-state index contributed by atoms with van der Waals surface area (Å²) in [6, 6.07) is 9.90. The molecule has 0 spiro atoms. The first kappa shape index (κ1) is 23.1. The van der Waals surface area contributed by atoms with E-state index in [4.69, 9.17) is 9.47 Å². The minimum absolute atomic E-state index is 0.114. The molecule has 2 unspecified atom stereocenters. The second-order valence-corrected chi connectivity index (χ2v) is 7.32. The normalized spacial score (nSPS) is 14.7. The molecule has 0 aliphatic heterocycles. The van der Waals surface area contributed by atoms with Crippen molar-refractivity contribution in [3.63, 3.8) is 0 Å². The molecule has 1 rings (SSSR count). The van der Waals surface area contributed by atoms with Crippen LogP contribution in [-0.4, -0.2) is 36.2 Å². The van der Waals surface area contributed by atoms with Gasteiger partial charge < -0.3 is 19.4 Å². The number of allylic oxidation sites excluding steroid dienone is 1. The Labute approximate surface area is 162 Å². The van der Waals surface area contributed by atoms with Gasteiger partial charge in [-0.2, -0.15) is 0 Å². The minimum atomic E-state index is -0.591. The molecule has 5 nitrogen and oxygen atoms in total. The van der Waals surface area contributed by atoms with E-state index in [0.29, 0.717) is 38.9 Å². The van der Waals surface area contributed by atoms with Crippen LogP contribution in [0.1, 0.15) is 52.0 Å². The van der Waals surface area contributed by atoms with Gasteiger partial charge in [-0.25, -0.2) is 0 Å². The first-order valence-corrected chi connectivity index (χ1v) is 9.40. The number of carbonyl (C=O) groups is 2. The average Bonchev–Trinajstić information content (AvgIpc) is 2.63. The number of hydrogen-bond donors (Lipinski definition) is 1. The van der Waals surface area contributed by atoms with Crippen LogP contribution >= 0.6 is 0 Å². The number of ether oxygens (including phenoxy) is 2. The molecule has 0 radical (unpaired) electrons. The Morgan fingerprint density at radius 2 is 1.93 bits per heavy atom. The van der Waals surface area contributed by atoms with Crippen molar-refractivity contribution in [1.29, 1.82) is 0 Å². The minimum Gasteiger partial charge on any atom is -0.465 e. The van der Waals surface area contributed by atoms with Gasteiger partial charge in [-0.15, -0.1) is 0 Å². The van der Waals surface area contributed by atoms with Crippen LogP contribution in [0.25, 0.3) is 0 Å². The molecule has 0 heterocycles. The maximum absolute atomic E-state index is 11.3. The third kappa shape index (κ3) is 11.4. The first-order chi connectivity index (χ1) is 12.8. The number of ketones is 1. The van der Waals surface area contributed by atoms with Crippen LogP contribution in [0.3, 0.4) is 0 Å². The summed E-state index contributed by atoms with van der Waals surface area (Å²) in [4.78, 5) is 22.4. The summed E-state index contributed by atoms with van der Waals surface area (Å²) in [7, 11) is 0. The number of aliphatic hydroxyl groups is 1. The zero-order valence-corrected chi connectivity index (χ0v) is 16.6. The summed E-state index contributed by atoms with van der Waals surface area (Å²) in [5, 5.41) is 10.1. The molecule has 0 saturated carbocycles. The molecular weight excluding hydrogens is 344 g/mol. The number of rotatable bonds is 13. The zero-order valence-electron chi connectivity index (χ0n) is 16.6. The quantitative estimate of drug-likeness (QED) is 0.322. The molecule has 0 bridgehead atoms. The fraction of sp³-hybridized carbons (Fsp3) is 0.545. The Balaban J connectivity index is 2.37. The van der Waals surface area contributed by atoms with E-state index < -0.39 is 6.10 Å². The van der Waals surface area contributed by atoms with E-state index in [1.807, 2.05) is 43.3 Å². The molecule has 0 saturated heterocycles. The van der Waals surface area contributed by atoms with Crippen molar-refractivity contribution in [2.45, 2.75) is 59.2 Å². The average molecular weight is 376 g/mol. The Morgan fingerprint density at radius 3 is 2.56 bits per heavy atom. The van der Waals surface area contributed by atoms with Gasteiger partial charge in [0, 0.05) is 31.8 Å². The van der Waals surface area contributed by atoms with Gasteiger partial charge in [0.1, 0.15) is 5.78 Å². The second kappa shape index (κ2) is 12.4. The Kier molecular flexibility index (Phi) is 10.6. The van der Waals surface area contributed by atoms with Crippen LogP contribution < -0.4 is 0 Å². The number of carbonyl (C=O) groups excluding carboxylic acids is 2. The van der Waals surface area contributed by atoms with Gasteiger partial charge >= 0.3 is 5.97 Å². The standard InChI is InChI=1S/C22H32O5/c1-18(23)11-14-22(3,17-27-19(2)24)13-7-10-21(25)12-15-26-16-20-8-5-4-6-9-20/h4-10,21,25H,11-17H2,1-3H3/b10-7-. The van der Waals surface area contributed by atoms with Crippen molar-refractivity contribution in [3.8, 4) is 0 Å². The first-order valence-electron chi connectivity index (χ1n) is 9.40. The van der Waals surface area contributed by atoms with Crippen molar-refractivity contribution in [3.05, 3.63) is 48.0 Å². The van der Waals surface area contributed by atoms with E-state index in [1.54, 1.807) is 13.0 Å². The molecule has 1 aromatic rings. The number of aliphatic hydroxyl groups excluding tert-OH is 1. The molecule has 0 fully saturated rings. The van der Waals surface area contributed by atoms with Crippen molar-refractivity contribution >= 4 is 11.8 Å². The smallest absolute Gasteiger partial charge is 0.302 e. The van der Waals surface area contributed by atoms with E-state index in [-0.39, 0.29) is 23.8 Å². The van der Waals surface area contributed by atoms with Gasteiger partial charge in [0.25, 0.3) is 0 Å². The van der Waals surface area contributed by atoms with Crippen LogP contribution in [-0.2, 0) is 25.7 Å². The van der Waals surface area contributed by atoms with Crippen LogP contribution in [0.4, 0.5) is 0 Å². The van der Waals surface area contributed by atoms with Crippen molar-refractivity contribution in [1.82, 2.24) is 0 Å². The summed E-state index contributed by atoms with van der Waals surface area (Å²) in [6.07, 6.45) is 5.26. The lowest BCUT2D eigenvalue weighted by Gasteiger charge is -2.27. The van der Waals surface area contributed by atoms with E-state index in [2.05, 4.69) is 0 Å². The molecule has 5 heteroatoms. The van der Waals surface area contributed by atoms with Crippen molar-refractivity contribution < 1.29 is 24.2 Å². The molecule has 0 aromatic heterocycles. The molecular formula is C22H32O5. The van der Waals surface area contributed by atoms with E-state index >= 15 is 0 Å². The lowest BCUT2D eigenvalue weighted by molar-refractivity contribution is -0.144. The highest BCUT2D eigenvalue weighted by Crippen LogP contribution is 2.29. The highest BCUT2D eigenvalue weighted by atomic mass is 16.5. The lowest BCUT2D eigenvalue weighted by atomic mass is 9.82. The lowest BCUT2D eigenvalue weighted by Crippen LogP contribution is -2.25. The van der Waals surface area contributed by atoms with E-state index in [9.17, 15) is 14.7 Å². The fourth-order valence-corrected chi connectivity index (χ4v) is 2.56. The molecule has 1 N–H and O–H groups in total. The largest absolute Gasteiger partial charge is 0.465 e. The van der Waals surface area contributed by atoms with Crippen LogP contribution in [0, 0.1) is 5.41 Å². The molecule has 150 valence electrons. The zero-order chi connectivity index (χ0) is 20.1. The molecule has 0 aliphatic carbocycles. The maximum Gasteiger partial charge on any atom is 0.302 e. The van der Waals surface area contributed by atoms with Gasteiger partial charge in [0.15, 0.2) is 0 Å². The summed E-state index contributed by atoms with van der Waals surface area (Å²) in [6.45, 7) is 6.18. The Morgan fingerprint density at radius 1 is 1.22 bits per heavy atom. The summed E-state index contributed by atoms with van der Waals surface area (Å²) in [5.74, 6) is -0.216. The number of hydrogen-bond acceptors (Lipinski definition) is 5. The van der Waals surface area contributed by atoms with Crippen molar-refractivity contribution in [2.75, 3.05) is 13.2 Å². The van der Waals surface area contributed by atoms with Crippen LogP contribution in [0.15, 0.2) is 42.5 Å². The summed E-state index contributed by atoms with van der Waals surface area (Å²) >= 11 is 0.